The molecule has 2 rings (SSSR count). The molecular weight excluding hydrogens is 403 g/mol. The Bertz CT molecular complexity index is 568. The minimum Gasteiger partial charge on any atom is -0.298 e. The van der Waals surface area contributed by atoms with E-state index in [0.717, 1.165) is 14.6 Å². The number of benzene rings is 1. The fraction of sp³-hybridized carbons (Fsp3) is 0.0909. The first-order valence-corrected chi connectivity index (χ1v) is 7.86. The van der Waals surface area contributed by atoms with Gasteiger partial charge in [0.15, 0.2) is 5.13 Å². The van der Waals surface area contributed by atoms with E-state index in [9.17, 15) is 4.79 Å². The lowest BCUT2D eigenvalue weighted by molar-refractivity contribution is 0.102. The fourth-order valence-electron chi connectivity index (χ4n) is 1.28. The molecule has 0 saturated heterocycles. The summed E-state index contributed by atoms with van der Waals surface area (Å²) in [5.74, 6) is 0.141. The van der Waals surface area contributed by atoms with Crippen LogP contribution in [-0.2, 0) is 5.88 Å². The average molecular weight is 411 g/mol. The first-order chi connectivity index (χ1) is 8.58. The topological polar surface area (TPSA) is 42.0 Å². The zero-order valence-corrected chi connectivity index (χ0v) is 13.7. The quantitative estimate of drug-likeness (QED) is 0.748. The van der Waals surface area contributed by atoms with Crippen molar-refractivity contribution in [2.24, 2.45) is 0 Å². The van der Waals surface area contributed by atoms with E-state index in [1.807, 2.05) is 11.4 Å². The number of alkyl halides is 1. The van der Waals surface area contributed by atoms with E-state index >= 15 is 0 Å². The molecule has 7 heteroatoms. The summed E-state index contributed by atoms with van der Waals surface area (Å²) in [6.07, 6.45) is 0. The Morgan fingerprint density at radius 3 is 2.56 bits per heavy atom. The highest BCUT2D eigenvalue weighted by Crippen LogP contribution is 2.22. The van der Waals surface area contributed by atoms with Gasteiger partial charge in [0.2, 0.25) is 0 Å². The van der Waals surface area contributed by atoms with Crippen molar-refractivity contribution >= 4 is 65.8 Å². The van der Waals surface area contributed by atoms with Crippen molar-refractivity contribution in [2.75, 3.05) is 5.32 Å². The Labute approximate surface area is 130 Å². The standard InChI is InChI=1S/C11H7Br2ClN2OS/c12-7-1-6(2-8(13)3-7)10(17)16-11-15-9(4-14)5-18-11/h1-3,5H,4H2,(H,15,16,17). The van der Waals surface area contributed by atoms with Crippen LogP contribution in [-0.4, -0.2) is 10.9 Å². The molecule has 1 aromatic carbocycles. The number of halogens is 3. The second-order valence-corrected chi connectivity index (χ2v) is 6.35. The SMILES string of the molecule is O=C(Nc1nc(CCl)cs1)c1cc(Br)cc(Br)c1. The van der Waals surface area contributed by atoms with Crippen LogP contribution in [0.5, 0.6) is 0 Å². The highest BCUT2D eigenvalue weighted by atomic mass is 79.9. The molecule has 0 spiro atoms. The zero-order chi connectivity index (χ0) is 13.1. The summed E-state index contributed by atoms with van der Waals surface area (Å²) >= 11 is 13.7. The van der Waals surface area contributed by atoms with Gasteiger partial charge < -0.3 is 0 Å². The number of carbonyl (C=O) groups is 1. The molecule has 0 bridgehead atoms. The summed E-state index contributed by atoms with van der Waals surface area (Å²) in [6.45, 7) is 0. The van der Waals surface area contributed by atoms with Crippen molar-refractivity contribution in [3.8, 4) is 0 Å². The van der Waals surface area contributed by atoms with E-state index < -0.39 is 0 Å². The molecule has 0 radical (unpaired) electrons. The van der Waals surface area contributed by atoms with Gasteiger partial charge in [-0.2, -0.15) is 0 Å². The van der Waals surface area contributed by atoms with Crippen LogP contribution in [0.15, 0.2) is 32.5 Å². The van der Waals surface area contributed by atoms with Gasteiger partial charge in [0.1, 0.15) is 0 Å². The summed E-state index contributed by atoms with van der Waals surface area (Å²) < 4.78 is 1.67. The molecule has 0 aliphatic carbocycles. The molecule has 1 aromatic heterocycles. The summed E-state index contributed by atoms with van der Waals surface area (Å²) in [6, 6.07) is 5.36. The third-order valence-corrected chi connectivity index (χ3v) is 4.03. The summed E-state index contributed by atoms with van der Waals surface area (Å²) in [5, 5.41) is 5.10. The van der Waals surface area contributed by atoms with Gasteiger partial charge in [-0.3, -0.25) is 10.1 Å². The van der Waals surface area contributed by atoms with E-state index in [-0.39, 0.29) is 5.91 Å². The second-order valence-electron chi connectivity index (χ2n) is 3.39. The lowest BCUT2D eigenvalue weighted by atomic mass is 10.2. The molecule has 18 heavy (non-hydrogen) atoms. The number of amides is 1. The molecule has 1 heterocycles. The Morgan fingerprint density at radius 1 is 1.33 bits per heavy atom. The highest BCUT2D eigenvalue weighted by molar-refractivity contribution is 9.11. The molecule has 0 atom stereocenters. The highest BCUT2D eigenvalue weighted by Gasteiger charge is 2.10. The van der Waals surface area contributed by atoms with Gasteiger partial charge in [-0.1, -0.05) is 31.9 Å². The van der Waals surface area contributed by atoms with E-state index in [1.54, 1.807) is 12.1 Å². The Morgan fingerprint density at radius 2 is 2.00 bits per heavy atom. The van der Waals surface area contributed by atoms with Crippen LogP contribution in [0.2, 0.25) is 0 Å². The molecule has 0 unspecified atom stereocenters. The number of nitrogens with one attached hydrogen (secondary N) is 1. The number of hydrogen-bond donors (Lipinski definition) is 1. The van der Waals surface area contributed by atoms with E-state index in [1.165, 1.54) is 11.3 Å². The van der Waals surface area contributed by atoms with Crippen molar-refractivity contribution in [2.45, 2.75) is 5.88 Å². The van der Waals surface area contributed by atoms with Gasteiger partial charge in [-0.15, -0.1) is 22.9 Å². The van der Waals surface area contributed by atoms with Gasteiger partial charge in [0.25, 0.3) is 5.91 Å². The van der Waals surface area contributed by atoms with Crippen molar-refractivity contribution < 1.29 is 4.79 Å². The maximum atomic E-state index is 12.0. The first kappa shape index (κ1) is 14.0. The molecule has 3 nitrogen and oxygen atoms in total. The molecule has 0 saturated carbocycles. The first-order valence-electron chi connectivity index (χ1n) is 4.86. The van der Waals surface area contributed by atoms with Crippen LogP contribution in [0.4, 0.5) is 5.13 Å². The largest absolute Gasteiger partial charge is 0.298 e. The molecule has 1 amide bonds. The predicted molar refractivity (Wildman–Crippen MR) is 81.5 cm³/mol. The van der Waals surface area contributed by atoms with E-state index in [2.05, 4.69) is 42.2 Å². The van der Waals surface area contributed by atoms with Crippen LogP contribution in [0.3, 0.4) is 0 Å². The van der Waals surface area contributed by atoms with Crippen LogP contribution >= 0.6 is 54.8 Å². The monoisotopic (exact) mass is 408 g/mol. The van der Waals surface area contributed by atoms with Crippen molar-refractivity contribution in [3.05, 3.63) is 43.8 Å². The number of thiazole rings is 1. The van der Waals surface area contributed by atoms with Gasteiger partial charge in [0.05, 0.1) is 11.6 Å². The van der Waals surface area contributed by atoms with Crippen LogP contribution in [0.25, 0.3) is 0 Å². The minimum atomic E-state index is -0.201. The lowest BCUT2D eigenvalue weighted by Crippen LogP contribution is -2.11. The number of anilines is 1. The summed E-state index contributed by atoms with van der Waals surface area (Å²) in [5.41, 5.74) is 1.31. The number of carbonyl (C=O) groups excluding carboxylic acids is 1. The maximum Gasteiger partial charge on any atom is 0.257 e. The van der Waals surface area contributed by atoms with Crippen LogP contribution < -0.4 is 5.32 Å². The molecule has 0 fully saturated rings. The lowest BCUT2D eigenvalue weighted by Gasteiger charge is -2.03. The van der Waals surface area contributed by atoms with Gasteiger partial charge in [-0.25, -0.2) is 4.98 Å². The molecule has 94 valence electrons. The summed E-state index contributed by atoms with van der Waals surface area (Å²) in [7, 11) is 0. The normalized spacial score (nSPS) is 10.4. The third kappa shape index (κ3) is 3.54. The summed E-state index contributed by atoms with van der Waals surface area (Å²) in [4.78, 5) is 16.2. The maximum absolute atomic E-state index is 12.0. The molecular formula is C11H7Br2ClN2OS. The van der Waals surface area contributed by atoms with Crippen molar-refractivity contribution in [3.63, 3.8) is 0 Å². The van der Waals surface area contributed by atoms with Crippen molar-refractivity contribution in [1.82, 2.24) is 4.98 Å². The number of rotatable bonds is 3. The predicted octanol–water partition coefficient (Wildman–Crippen LogP) is 4.66. The third-order valence-electron chi connectivity index (χ3n) is 2.03. The Hall–Kier alpha value is -0.430. The fourth-order valence-corrected chi connectivity index (χ4v) is 3.51. The molecule has 1 N–H and O–H groups in total. The smallest absolute Gasteiger partial charge is 0.257 e. The van der Waals surface area contributed by atoms with Gasteiger partial charge in [-0.05, 0) is 18.2 Å². The van der Waals surface area contributed by atoms with E-state index in [0.29, 0.717) is 16.6 Å². The van der Waals surface area contributed by atoms with Crippen LogP contribution in [0.1, 0.15) is 16.1 Å². The number of aromatic nitrogens is 1. The molecule has 2 aromatic rings. The second kappa shape index (κ2) is 6.14. The van der Waals surface area contributed by atoms with Gasteiger partial charge in [0, 0.05) is 19.9 Å². The Kier molecular flexibility index (Phi) is 4.77. The zero-order valence-electron chi connectivity index (χ0n) is 8.91. The molecule has 0 aliphatic heterocycles. The Balaban J connectivity index is 2.16. The molecule has 0 aliphatic rings. The van der Waals surface area contributed by atoms with Crippen LogP contribution in [0, 0.1) is 0 Å². The number of hydrogen-bond acceptors (Lipinski definition) is 3. The number of nitrogens with zero attached hydrogens (tertiary/aromatic N) is 1. The van der Waals surface area contributed by atoms with E-state index in [4.69, 9.17) is 11.6 Å². The minimum absolute atomic E-state index is 0.201. The average Bonchev–Trinajstić information content (AvgIpc) is 2.75. The van der Waals surface area contributed by atoms with Crippen molar-refractivity contribution in [1.29, 1.82) is 0 Å². The van der Waals surface area contributed by atoms with Gasteiger partial charge >= 0.3 is 0 Å².